The van der Waals surface area contributed by atoms with Crippen molar-refractivity contribution in [2.24, 2.45) is 0 Å². The maximum atomic E-state index is 12.4. The normalized spacial score (nSPS) is 22.9. The molecule has 2 rings (SSSR count). The van der Waals surface area contributed by atoms with Crippen LogP contribution in [0.25, 0.3) is 0 Å². The maximum Gasteiger partial charge on any atom is 0.280 e. The van der Waals surface area contributed by atoms with Crippen molar-refractivity contribution in [2.45, 2.75) is 45.2 Å². The highest BCUT2D eigenvalue weighted by Gasteiger charge is 2.33. The summed E-state index contributed by atoms with van der Waals surface area (Å²) in [5, 5.41) is 12.0. The van der Waals surface area contributed by atoms with E-state index in [9.17, 15) is 13.5 Å². The number of thiazole rings is 1. The summed E-state index contributed by atoms with van der Waals surface area (Å²) < 4.78 is 28.9. The first-order valence-electron chi connectivity index (χ1n) is 6.76. The number of hydrogen-bond acceptors (Lipinski definition) is 5. The van der Waals surface area contributed by atoms with E-state index in [0.717, 1.165) is 23.5 Å². The van der Waals surface area contributed by atoms with Crippen molar-refractivity contribution in [3.05, 3.63) is 16.1 Å². The van der Waals surface area contributed by atoms with Gasteiger partial charge in [0.05, 0.1) is 12.6 Å². The van der Waals surface area contributed by atoms with E-state index in [-0.39, 0.29) is 18.7 Å². The molecule has 2 heterocycles. The van der Waals surface area contributed by atoms with Crippen LogP contribution in [0, 0.1) is 6.92 Å². The van der Waals surface area contributed by atoms with E-state index < -0.39 is 10.2 Å². The molecule has 1 fully saturated rings. The first-order valence-corrected chi connectivity index (χ1v) is 9.08. The molecule has 0 aliphatic carbocycles. The van der Waals surface area contributed by atoms with E-state index in [1.54, 1.807) is 6.92 Å². The lowest BCUT2D eigenvalue weighted by Gasteiger charge is -2.34. The average Bonchev–Trinajstić information content (AvgIpc) is 2.85. The van der Waals surface area contributed by atoms with Crippen LogP contribution in [0.2, 0.25) is 0 Å². The SMILES string of the molecule is Cc1csc(C(C)NS(=O)(=O)N2CCCCC2CO)n1. The van der Waals surface area contributed by atoms with Crippen LogP contribution in [-0.4, -0.2) is 42.0 Å². The predicted octanol–water partition coefficient (Wildman–Crippen LogP) is 1.19. The van der Waals surface area contributed by atoms with Crippen LogP contribution in [0.5, 0.6) is 0 Å². The molecule has 0 bridgehead atoms. The Morgan fingerprint density at radius 3 is 2.95 bits per heavy atom. The average molecular weight is 319 g/mol. The van der Waals surface area contributed by atoms with Crippen LogP contribution in [0.4, 0.5) is 0 Å². The monoisotopic (exact) mass is 319 g/mol. The molecule has 114 valence electrons. The number of nitrogens with zero attached hydrogens (tertiary/aromatic N) is 2. The summed E-state index contributed by atoms with van der Waals surface area (Å²) in [7, 11) is -3.59. The van der Waals surface area contributed by atoms with Gasteiger partial charge in [0.25, 0.3) is 10.2 Å². The van der Waals surface area contributed by atoms with Gasteiger partial charge in [0, 0.05) is 23.7 Å². The molecule has 2 N–H and O–H groups in total. The zero-order valence-electron chi connectivity index (χ0n) is 11.7. The fraction of sp³-hybridized carbons (Fsp3) is 0.750. The van der Waals surface area contributed by atoms with Crippen LogP contribution < -0.4 is 4.72 Å². The lowest BCUT2D eigenvalue weighted by molar-refractivity contribution is 0.153. The number of hydrogen-bond donors (Lipinski definition) is 2. The van der Waals surface area contributed by atoms with Crippen LogP contribution in [-0.2, 0) is 10.2 Å². The Morgan fingerprint density at radius 2 is 2.35 bits per heavy atom. The van der Waals surface area contributed by atoms with Gasteiger partial charge in [-0.25, -0.2) is 4.98 Å². The minimum atomic E-state index is -3.59. The highest BCUT2D eigenvalue weighted by molar-refractivity contribution is 7.87. The van der Waals surface area contributed by atoms with Gasteiger partial charge in [0.2, 0.25) is 0 Å². The third-order valence-corrected chi connectivity index (χ3v) is 6.32. The molecule has 1 aliphatic heterocycles. The summed E-state index contributed by atoms with van der Waals surface area (Å²) in [5.41, 5.74) is 0.891. The maximum absolute atomic E-state index is 12.4. The van der Waals surface area contributed by atoms with E-state index in [0.29, 0.717) is 13.0 Å². The van der Waals surface area contributed by atoms with Crippen LogP contribution in [0.15, 0.2) is 5.38 Å². The van der Waals surface area contributed by atoms with E-state index in [2.05, 4.69) is 9.71 Å². The molecule has 0 radical (unpaired) electrons. The van der Waals surface area contributed by atoms with Crippen molar-refractivity contribution in [1.29, 1.82) is 0 Å². The molecule has 1 aromatic heterocycles. The van der Waals surface area contributed by atoms with Gasteiger partial charge in [-0.05, 0) is 26.7 Å². The van der Waals surface area contributed by atoms with Crippen molar-refractivity contribution in [3.63, 3.8) is 0 Å². The largest absolute Gasteiger partial charge is 0.395 e. The molecule has 0 aromatic carbocycles. The molecular formula is C12H21N3O3S2. The summed E-state index contributed by atoms with van der Waals surface area (Å²) in [6.45, 7) is 4.00. The van der Waals surface area contributed by atoms with Gasteiger partial charge in [-0.15, -0.1) is 11.3 Å². The highest BCUT2D eigenvalue weighted by atomic mass is 32.2. The summed E-state index contributed by atoms with van der Waals surface area (Å²) in [6.07, 6.45) is 2.50. The standard InChI is InChI=1S/C12H21N3O3S2/c1-9-8-19-12(13-9)10(2)14-20(17,18)15-6-4-3-5-11(15)7-16/h8,10-11,14,16H,3-7H2,1-2H3. The van der Waals surface area contributed by atoms with Gasteiger partial charge >= 0.3 is 0 Å². The molecular weight excluding hydrogens is 298 g/mol. The zero-order chi connectivity index (χ0) is 14.8. The van der Waals surface area contributed by atoms with E-state index >= 15 is 0 Å². The lowest BCUT2D eigenvalue weighted by atomic mass is 10.1. The number of piperidine rings is 1. The molecule has 0 amide bonds. The minimum absolute atomic E-state index is 0.133. The fourth-order valence-corrected chi connectivity index (χ4v) is 4.89. The van der Waals surface area contributed by atoms with Crippen molar-refractivity contribution >= 4 is 21.5 Å². The van der Waals surface area contributed by atoms with Crippen molar-refractivity contribution in [1.82, 2.24) is 14.0 Å². The van der Waals surface area contributed by atoms with Gasteiger partial charge in [0.15, 0.2) is 0 Å². The first kappa shape index (κ1) is 15.8. The van der Waals surface area contributed by atoms with Gasteiger partial charge in [-0.3, -0.25) is 0 Å². The summed E-state index contributed by atoms with van der Waals surface area (Å²) in [6, 6.07) is -0.675. The molecule has 6 nitrogen and oxygen atoms in total. The number of aliphatic hydroxyl groups excluding tert-OH is 1. The Bertz CT molecular complexity index is 544. The Balaban J connectivity index is 2.09. The first-order chi connectivity index (χ1) is 9.44. The van der Waals surface area contributed by atoms with Gasteiger partial charge in [-0.2, -0.15) is 17.4 Å². The van der Waals surface area contributed by atoms with Crippen molar-refractivity contribution < 1.29 is 13.5 Å². The van der Waals surface area contributed by atoms with Crippen molar-refractivity contribution in [3.8, 4) is 0 Å². The number of aryl methyl sites for hydroxylation is 1. The third-order valence-electron chi connectivity index (χ3n) is 3.43. The van der Waals surface area contributed by atoms with Gasteiger partial charge in [0.1, 0.15) is 5.01 Å². The van der Waals surface area contributed by atoms with Gasteiger partial charge in [-0.1, -0.05) is 6.42 Å². The predicted molar refractivity (Wildman–Crippen MR) is 78.8 cm³/mol. The number of rotatable bonds is 5. The van der Waals surface area contributed by atoms with Crippen LogP contribution in [0.1, 0.15) is 42.9 Å². The Labute approximate surface area is 124 Å². The van der Waals surface area contributed by atoms with Crippen molar-refractivity contribution in [2.75, 3.05) is 13.2 Å². The fourth-order valence-electron chi connectivity index (χ4n) is 2.39. The summed E-state index contributed by atoms with van der Waals surface area (Å²) >= 11 is 1.45. The van der Waals surface area contributed by atoms with E-state index in [1.807, 2.05) is 12.3 Å². The lowest BCUT2D eigenvalue weighted by Crippen LogP contribution is -2.50. The zero-order valence-corrected chi connectivity index (χ0v) is 13.4. The molecule has 2 atom stereocenters. The Kier molecular flexibility index (Phi) is 5.14. The van der Waals surface area contributed by atoms with E-state index in [4.69, 9.17) is 0 Å². The molecule has 1 aromatic rings. The smallest absolute Gasteiger partial charge is 0.280 e. The molecule has 0 saturated carbocycles. The second-order valence-electron chi connectivity index (χ2n) is 5.11. The molecule has 2 unspecified atom stereocenters. The molecule has 1 aliphatic rings. The van der Waals surface area contributed by atoms with Crippen LogP contribution >= 0.6 is 11.3 Å². The molecule has 8 heteroatoms. The Morgan fingerprint density at radius 1 is 1.60 bits per heavy atom. The van der Waals surface area contributed by atoms with Crippen LogP contribution in [0.3, 0.4) is 0 Å². The third kappa shape index (κ3) is 3.56. The molecule has 20 heavy (non-hydrogen) atoms. The highest BCUT2D eigenvalue weighted by Crippen LogP contribution is 2.23. The molecule has 0 spiro atoms. The summed E-state index contributed by atoms with van der Waals surface area (Å²) in [5.74, 6) is 0. The van der Waals surface area contributed by atoms with Gasteiger partial charge < -0.3 is 5.11 Å². The summed E-state index contributed by atoms with van der Waals surface area (Å²) in [4.78, 5) is 4.30. The second kappa shape index (κ2) is 6.48. The Hall–Kier alpha value is -0.540. The minimum Gasteiger partial charge on any atom is -0.395 e. The molecule has 1 saturated heterocycles. The number of aliphatic hydroxyl groups is 1. The number of aromatic nitrogens is 1. The number of nitrogens with one attached hydrogen (secondary N) is 1. The van der Waals surface area contributed by atoms with E-state index in [1.165, 1.54) is 15.6 Å². The quantitative estimate of drug-likeness (QED) is 0.854. The second-order valence-corrected chi connectivity index (χ2v) is 7.66. The topological polar surface area (TPSA) is 82.5 Å².